The number of hydrogen-bond acceptors (Lipinski definition) is 8. The van der Waals surface area contributed by atoms with Crippen molar-refractivity contribution < 1.29 is 19.2 Å². The number of nitro groups is 1. The Bertz CT molecular complexity index is 1240. The largest absolute Gasteiger partial charge is 0.483 e. The molecule has 0 aliphatic carbocycles. The third-order valence-corrected chi connectivity index (χ3v) is 6.17. The van der Waals surface area contributed by atoms with E-state index in [-0.39, 0.29) is 36.4 Å². The second-order valence-electron chi connectivity index (χ2n) is 7.84. The Hall–Kier alpha value is -3.93. The molecule has 0 bridgehead atoms. The summed E-state index contributed by atoms with van der Waals surface area (Å²) >= 11 is 1.16. The first-order valence-electron chi connectivity index (χ1n) is 10.7. The summed E-state index contributed by atoms with van der Waals surface area (Å²) in [6.07, 6.45) is 0. The van der Waals surface area contributed by atoms with E-state index in [9.17, 15) is 19.7 Å². The summed E-state index contributed by atoms with van der Waals surface area (Å²) in [6, 6.07) is 10.3. The summed E-state index contributed by atoms with van der Waals surface area (Å²) in [5, 5.41) is 25.1. The molecule has 3 rings (SSSR count). The van der Waals surface area contributed by atoms with E-state index in [1.807, 2.05) is 32.0 Å². The molecular weight excluding hydrogens is 472 g/mol. The monoisotopic (exact) mass is 498 g/mol. The molecule has 2 N–H and O–H groups in total. The van der Waals surface area contributed by atoms with Gasteiger partial charge in [0, 0.05) is 24.4 Å². The van der Waals surface area contributed by atoms with Crippen molar-refractivity contribution in [3.63, 3.8) is 0 Å². The average molecular weight is 499 g/mol. The molecule has 12 heteroatoms. The highest BCUT2D eigenvalue weighted by molar-refractivity contribution is 7.99. The first-order chi connectivity index (χ1) is 16.7. The van der Waals surface area contributed by atoms with Crippen LogP contribution in [0.25, 0.3) is 0 Å². The molecule has 0 saturated heterocycles. The molecule has 0 unspecified atom stereocenters. The van der Waals surface area contributed by atoms with Crippen LogP contribution in [0.5, 0.6) is 5.75 Å². The average Bonchev–Trinajstić information content (AvgIpc) is 3.16. The molecule has 0 aliphatic rings. The number of nitrogens with zero attached hydrogens (tertiary/aromatic N) is 4. The number of nitro benzene ring substituents is 1. The quantitative estimate of drug-likeness (QED) is 0.247. The van der Waals surface area contributed by atoms with Gasteiger partial charge in [0.05, 0.1) is 17.2 Å². The molecule has 11 nitrogen and oxygen atoms in total. The number of para-hydroxylation sites is 1. The van der Waals surface area contributed by atoms with Crippen molar-refractivity contribution in [3.05, 3.63) is 69.0 Å². The molecule has 3 aromatic rings. The van der Waals surface area contributed by atoms with Crippen LogP contribution in [0, 0.1) is 30.9 Å². The van der Waals surface area contributed by atoms with E-state index in [1.165, 1.54) is 6.07 Å². The maximum atomic E-state index is 12.3. The van der Waals surface area contributed by atoms with E-state index in [4.69, 9.17) is 4.74 Å². The number of amides is 2. The topological polar surface area (TPSA) is 141 Å². The van der Waals surface area contributed by atoms with Gasteiger partial charge in [-0.2, -0.15) is 0 Å². The van der Waals surface area contributed by atoms with Crippen molar-refractivity contribution in [3.8, 4) is 5.75 Å². The zero-order chi connectivity index (χ0) is 25.5. The van der Waals surface area contributed by atoms with Gasteiger partial charge in [0.1, 0.15) is 5.75 Å². The summed E-state index contributed by atoms with van der Waals surface area (Å²) in [6.45, 7) is 5.50. The fourth-order valence-corrected chi connectivity index (χ4v) is 3.96. The van der Waals surface area contributed by atoms with Crippen LogP contribution in [0.1, 0.15) is 22.5 Å². The zero-order valence-corrected chi connectivity index (χ0v) is 20.6. The van der Waals surface area contributed by atoms with E-state index >= 15 is 0 Å². The third kappa shape index (κ3) is 6.79. The molecule has 0 fully saturated rings. The SMILES string of the molecule is Cc1ccc(NC(=O)CSc2nnc(CNC(=O)COc3c(C)cccc3C)n2C)cc1[N+](=O)[O-]. The van der Waals surface area contributed by atoms with Crippen LogP contribution < -0.4 is 15.4 Å². The molecule has 1 aromatic heterocycles. The zero-order valence-electron chi connectivity index (χ0n) is 19.8. The molecule has 0 radical (unpaired) electrons. The Balaban J connectivity index is 1.48. The number of ether oxygens (including phenoxy) is 1. The first kappa shape index (κ1) is 25.7. The summed E-state index contributed by atoms with van der Waals surface area (Å²) in [5.41, 5.74) is 2.71. The van der Waals surface area contributed by atoms with Gasteiger partial charge in [-0.3, -0.25) is 19.7 Å². The van der Waals surface area contributed by atoms with Crippen LogP contribution in [0.3, 0.4) is 0 Å². The molecule has 2 aromatic carbocycles. The van der Waals surface area contributed by atoms with Crippen LogP contribution in [0.4, 0.5) is 11.4 Å². The number of carbonyl (C=O) groups is 2. The number of carbonyl (C=O) groups excluding carboxylic acids is 2. The van der Waals surface area contributed by atoms with Crippen molar-refractivity contribution in [2.45, 2.75) is 32.5 Å². The lowest BCUT2D eigenvalue weighted by atomic mass is 10.1. The summed E-state index contributed by atoms with van der Waals surface area (Å²) in [5.74, 6) is 0.607. The number of nitrogens with one attached hydrogen (secondary N) is 2. The minimum Gasteiger partial charge on any atom is -0.483 e. The molecule has 2 amide bonds. The van der Waals surface area contributed by atoms with Gasteiger partial charge in [0.15, 0.2) is 17.6 Å². The maximum absolute atomic E-state index is 12.3. The van der Waals surface area contributed by atoms with Gasteiger partial charge in [0.2, 0.25) is 5.91 Å². The summed E-state index contributed by atoms with van der Waals surface area (Å²) in [4.78, 5) is 35.1. The van der Waals surface area contributed by atoms with Gasteiger partial charge in [0.25, 0.3) is 11.6 Å². The lowest BCUT2D eigenvalue weighted by Crippen LogP contribution is -2.29. The fourth-order valence-electron chi connectivity index (χ4n) is 3.23. The Morgan fingerprint density at radius 3 is 2.49 bits per heavy atom. The predicted molar refractivity (Wildman–Crippen MR) is 131 cm³/mol. The number of aromatic nitrogens is 3. The second-order valence-corrected chi connectivity index (χ2v) is 8.78. The van der Waals surface area contributed by atoms with Crippen LogP contribution >= 0.6 is 11.8 Å². The smallest absolute Gasteiger partial charge is 0.274 e. The fraction of sp³-hybridized carbons (Fsp3) is 0.304. The van der Waals surface area contributed by atoms with Gasteiger partial charge in [-0.05, 0) is 38.0 Å². The van der Waals surface area contributed by atoms with Gasteiger partial charge >= 0.3 is 0 Å². The van der Waals surface area contributed by atoms with Crippen LogP contribution in [0.15, 0.2) is 41.6 Å². The van der Waals surface area contributed by atoms with Gasteiger partial charge in [-0.1, -0.05) is 36.0 Å². The Morgan fingerprint density at radius 1 is 1.09 bits per heavy atom. The molecule has 184 valence electrons. The first-order valence-corrected chi connectivity index (χ1v) is 11.7. The van der Waals surface area contributed by atoms with Crippen molar-refractivity contribution >= 4 is 35.0 Å². The molecule has 1 heterocycles. The molecule has 35 heavy (non-hydrogen) atoms. The maximum Gasteiger partial charge on any atom is 0.274 e. The standard InChI is InChI=1S/C23H26N6O5S/c1-14-8-9-17(10-18(14)29(32)33)25-21(31)13-35-23-27-26-19(28(23)4)11-24-20(30)12-34-22-15(2)6-5-7-16(22)3/h5-10H,11-13H2,1-4H3,(H,24,30)(H,25,31). The predicted octanol–water partition coefficient (Wildman–Crippen LogP) is 3.07. The Morgan fingerprint density at radius 2 is 1.80 bits per heavy atom. The van der Waals surface area contributed by atoms with E-state index in [0.717, 1.165) is 22.9 Å². The van der Waals surface area contributed by atoms with Crippen molar-refractivity contribution in [1.82, 2.24) is 20.1 Å². The van der Waals surface area contributed by atoms with Crippen molar-refractivity contribution in [1.29, 1.82) is 0 Å². The normalized spacial score (nSPS) is 10.6. The minimum absolute atomic E-state index is 0.0314. The van der Waals surface area contributed by atoms with Crippen LogP contribution in [0.2, 0.25) is 0 Å². The molecule has 0 spiro atoms. The van der Waals surface area contributed by atoms with Gasteiger partial charge in [-0.15, -0.1) is 10.2 Å². The van der Waals surface area contributed by atoms with E-state index in [0.29, 0.717) is 28.0 Å². The Labute approximate surface area is 206 Å². The van der Waals surface area contributed by atoms with Crippen molar-refractivity contribution in [2.75, 3.05) is 17.7 Å². The molecule has 0 aliphatic heterocycles. The van der Waals surface area contributed by atoms with E-state index < -0.39 is 4.92 Å². The number of thioether (sulfide) groups is 1. The molecular formula is C23H26N6O5S. The number of hydrogen-bond donors (Lipinski definition) is 2. The summed E-state index contributed by atoms with van der Waals surface area (Å²) in [7, 11) is 1.73. The van der Waals surface area contributed by atoms with Gasteiger partial charge < -0.3 is 19.9 Å². The number of anilines is 1. The van der Waals surface area contributed by atoms with Crippen LogP contribution in [-0.2, 0) is 23.2 Å². The third-order valence-electron chi connectivity index (χ3n) is 5.15. The molecule has 0 atom stereocenters. The highest BCUT2D eigenvalue weighted by atomic mass is 32.2. The highest BCUT2D eigenvalue weighted by Crippen LogP contribution is 2.23. The van der Waals surface area contributed by atoms with Gasteiger partial charge in [-0.25, -0.2) is 0 Å². The second kappa shape index (κ2) is 11.5. The Kier molecular flexibility index (Phi) is 8.42. The highest BCUT2D eigenvalue weighted by Gasteiger charge is 2.15. The number of aryl methyl sites for hydroxylation is 3. The van der Waals surface area contributed by atoms with E-state index in [1.54, 1.807) is 30.7 Å². The lowest BCUT2D eigenvalue weighted by molar-refractivity contribution is -0.385. The van der Waals surface area contributed by atoms with Crippen LogP contribution in [-0.4, -0.2) is 43.9 Å². The number of benzene rings is 2. The number of rotatable bonds is 10. The molecule has 0 saturated carbocycles. The van der Waals surface area contributed by atoms with E-state index in [2.05, 4.69) is 20.8 Å². The van der Waals surface area contributed by atoms with Crippen molar-refractivity contribution in [2.24, 2.45) is 7.05 Å². The lowest BCUT2D eigenvalue weighted by Gasteiger charge is -2.12. The minimum atomic E-state index is -0.491. The summed E-state index contributed by atoms with van der Waals surface area (Å²) < 4.78 is 7.33.